The van der Waals surface area contributed by atoms with Gasteiger partial charge in [0.1, 0.15) is 0 Å². The van der Waals surface area contributed by atoms with Crippen molar-refractivity contribution in [3.8, 4) is 0 Å². The average Bonchev–Trinajstić information content (AvgIpc) is 2.26. The lowest BCUT2D eigenvalue weighted by molar-refractivity contribution is 0.569. The predicted octanol–water partition coefficient (Wildman–Crippen LogP) is 1.09. The standard InChI is InChI=1S/C12H17NO4S2/c1-9(2)13-19(16,17)11-6-5-10-4-3-7-18(14,15)12(10)8-11/h5-6,8-9,13H,3-4,7H2,1-2H3. The number of sulfonamides is 1. The number of fused-ring (bicyclic) bond motifs is 1. The summed E-state index contributed by atoms with van der Waals surface area (Å²) in [6.07, 6.45) is 1.26. The smallest absolute Gasteiger partial charge is 0.224 e. The van der Waals surface area contributed by atoms with Crippen molar-refractivity contribution < 1.29 is 16.8 Å². The molecule has 0 atom stereocenters. The van der Waals surface area contributed by atoms with Crippen molar-refractivity contribution in [1.82, 2.24) is 4.72 Å². The Hall–Kier alpha value is -0.920. The topological polar surface area (TPSA) is 80.3 Å². The first-order chi connectivity index (χ1) is 8.72. The Labute approximate surface area is 114 Å². The van der Waals surface area contributed by atoms with E-state index >= 15 is 0 Å². The van der Waals surface area contributed by atoms with Crippen LogP contribution in [0.2, 0.25) is 0 Å². The number of hydrogen-bond donors (Lipinski definition) is 1. The van der Waals surface area contributed by atoms with Gasteiger partial charge in [0.2, 0.25) is 10.0 Å². The van der Waals surface area contributed by atoms with Crippen LogP contribution >= 0.6 is 0 Å². The molecule has 5 nitrogen and oxygen atoms in total. The molecule has 0 aliphatic carbocycles. The van der Waals surface area contributed by atoms with E-state index < -0.39 is 19.9 Å². The summed E-state index contributed by atoms with van der Waals surface area (Å²) in [6.45, 7) is 3.43. The molecule has 0 fully saturated rings. The van der Waals surface area contributed by atoms with Crippen molar-refractivity contribution in [2.45, 2.75) is 42.5 Å². The Bertz CT molecular complexity index is 690. The molecule has 0 radical (unpaired) electrons. The molecule has 1 aliphatic rings. The molecule has 2 rings (SSSR count). The van der Waals surface area contributed by atoms with Gasteiger partial charge in [0, 0.05) is 6.04 Å². The molecule has 0 aromatic heterocycles. The zero-order valence-electron chi connectivity index (χ0n) is 10.9. The SMILES string of the molecule is CC(C)NS(=O)(=O)c1ccc2c(c1)S(=O)(=O)CCC2. The van der Waals surface area contributed by atoms with Crippen molar-refractivity contribution in [3.05, 3.63) is 23.8 Å². The first-order valence-electron chi connectivity index (χ1n) is 6.10. The van der Waals surface area contributed by atoms with Crippen molar-refractivity contribution in [2.24, 2.45) is 0 Å². The molecule has 19 heavy (non-hydrogen) atoms. The van der Waals surface area contributed by atoms with E-state index in [9.17, 15) is 16.8 Å². The average molecular weight is 303 g/mol. The second kappa shape index (κ2) is 4.88. The summed E-state index contributed by atoms with van der Waals surface area (Å²) in [6, 6.07) is 4.09. The van der Waals surface area contributed by atoms with Gasteiger partial charge in [-0.1, -0.05) is 6.07 Å². The first-order valence-corrected chi connectivity index (χ1v) is 9.24. The summed E-state index contributed by atoms with van der Waals surface area (Å²) >= 11 is 0. The van der Waals surface area contributed by atoms with Gasteiger partial charge >= 0.3 is 0 Å². The summed E-state index contributed by atoms with van der Waals surface area (Å²) < 4.78 is 50.4. The van der Waals surface area contributed by atoms with Crippen LogP contribution in [0.4, 0.5) is 0 Å². The van der Waals surface area contributed by atoms with E-state index in [2.05, 4.69) is 4.72 Å². The lowest BCUT2D eigenvalue weighted by Gasteiger charge is -2.17. The van der Waals surface area contributed by atoms with Crippen molar-refractivity contribution in [1.29, 1.82) is 0 Å². The minimum Gasteiger partial charge on any atom is -0.224 e. The van der Waals surface area contributed by atoms with Crippen molar-refractivity contribution in [3.63, 3.8) is 0 Å². The Kier molecular flexibility index (Phi) is 3.72. The van der Waals surface area contributed by atoms with Crippen LogP contribution in [0.15, 0.2) is 28.0 Å². The quantitative estimate of drug-likeness (QED) is 0.906. The lowest BCUT2D eigenvalue weighted by Crippen LogP contribution is -2.30. The van der Waals surface area contributed by atoms with E-state index in [1.165, 1.54) is 12.1 Å². The van der Waals surface area contributed by atoms with Crippen LogP contribution in [0.5, 0.6) is 0 Å². The molecule has 1 N–H and O–H groups in total. The van der Waals surface area contributed by atoms with E-state index in [4.69, 9.17) is 0 Å². The van der Waals surface area contributed by atoms with Gasteiger partial charge < -0.3 is 0 Å². The Morgan fingerprint density at radius 3 is 2.58 bits per heavy atom. The molecule has 0 saturated heterocycles. The number of hydrogen-bond acceptors (Lipinski definition) is 4. The maximum Gasteiger partial charge on any atom is 0.240 e. The molecule has 1 aromatic rings. The summed E-state index contributed by atoms with van der Waals surface area (Å²) in [5.41, 5.74) is 0.703. The van der Waals surface area contributed by atoms with Gasteiger partial charge in [-0.25, -0.2) is 21.6 Å². The number of rotatable bonds is 3. The molecule has 1 heterocycles. The molecule has 0 bridgehead atoms. The largest absolute Gasteiger partial charge is 0.240 e. The molecule has 1 aliphatic heterocycles. The maximum absolute atomic E-state index is 12.0. The van der Waals surface area contributed by atoms with Crippen LogP contribution in [0.3, 0.4) is 0 Å². The third kappa shape index (κ3) is 2.98. The predicted molar refractivity (Wildman–Crippen MR) is 72.3 cm³/mol. The van der Waals surface area contributed by atoms with Gasteiger partial charge in [0.15, 0.2) is 9.84 Å². The molecule has 0 saturated carbocycles. The molecule has 7 heteroatoms. The fourth-order valence-corrected chi connectivity index (χ4v) is 5.11. The highest BCUT2D eigenvalue weighted by Gasteiger charge is 2.26. The second-order valence-electron chi connectivity index (χ2n) is 4.97. The Morgan fingerprint density at radius 2 is 1.95 bits per heavy atom. The summed E-state index contributed by atoms with van der Waals surface area (Å²) in [4.78, 5) is 0.163. The third-order valence-corrected chi connectivity index (χ3v) is 6.47. The summed E-state index contributed by atoms with van der Waals surface area (Å²) in [5.74, 6) is 0.0844. The summed E-state index contributed by atoms with van der Waals surface area (Å²) in [7, 11) is -7.00. The highest BCUT2D eigenvalue weighted by molar-refractivity contribution is 7.91. The van der Waals surface area contributed by atoms with Crippen LogP contribution in [-0.4, -0.2) is 28.6 Å². The van der Waals surface area contributed by atoms with Gasteiger partial charge in [0.05, 0.1) is 15.5 Å². The van der Waals surface area contributed by atoms with Crippen LogP contribution in [0.1, 0.15) is 25.8 Å². The summed E-state index contributed by atoms with van der Waals surface area (Å²) in [5, 5.41) is 0. The fraction of sp³-hybridized carbons (Fsp3) is 0.500. The van der Waals surface area contributed by atoms with E-state index in [-0.39, 0.29) is 21.6 Å². The minimum absolute atomic E-state index is 0.00502. The van der Waals surface area contributed by atoms with Gasteiger partial charge in [-0.05, 0) is 44.4 Å². The third-order valence-electron chi connectivity index (χ3n) is 2.93. The fourth-order valence-electron chi connectivity index (χ4n) is 2.14. The molecule has 0 amide bonds. The zero-order chi connectivity index (χ0) is 14.3. The minimum atomic E-state index is -3.66. The Balaban J connectivity index is 2.53. The van der Waals surface area contributed by atoms with Crippen molar-refractivity contribution >= 4 is 19.9 Å². The van der Waals surface area contributed by atoms with Gasteiger partial charge in [-0.3, -0.25) is 0 Å². The van der Waals surface area contributed by atoms with Gasteiger partial charge in [0.25, 0.3) is 0 Å². The van der Waals surface area contributed by atoms with Crippen LogP contribution in [0.25, 0.3) is 0 Å². The van der Waals surface area contributed by atoms with E-state index in [1.807, 2.05) is 0 Å². The molecule has 106 valence electrons. The van der Waals surface area contributed by atoms with Gasteiger partial charge in [-0.2, -0.15) is 0 Å². The highest BCUT2D eigenvalue weighted by atomic mass is 32.2. The molecule has 1 aromatic carbocycles. The van der Waals surface area contributed by atoms with E-state index in [0.29, 0.717) is 18.4 Å². The molecular formula is C12H17NO4S2. The zero-order valence-corrected chi connectivity index (χ0v) is 12.5. The number of aryl methyl sites for hydroxylation is 1. The molecule has 0 spiro atoms. The van der Waals surface area contributed by atoms with E-state index in [0.717, 1.165) is 0 Å². The Morgan fingerprint density at radius 1 is 1.26 bits per heavy atom. The second-order valence-corrected chi connectivity index (χ2v) is 8.76. The monoisotopic (exact) mass is 303 g/mol. The van der Waals surface area contributed by atoms with Gasteiger partial charge in [-0.15, -0.1) is 0 Å². The number of nitrogens with one attached hydrogen (secondary N) is 1. The maximum atomic E-state index is 12.0. The highest BCUT2D eigenvalue weighted by Crippen LogP contribution is 2.27. The molecular weight excluding hydrogens is 286 g/mol. The number of sulfone groups is 1. The van der Waals surface area contributed by atoms with Crippen LogP contribution < -0.4 is 4.72 Å². The van der Waals surface area contributed by atoms with E-state index in [1.54, 1.807) is 19.9 Å². The van der Waals surface area contributed by atoms with Crippen LogP contribution in [0, 0.1) is 0 Å². The lowest BCUT2D eigenvalue weighted by atomic mass is 10.1. The normalized spacial score (nSPS) is 18.3. The first kappa shape index (κ1) is 14.5. The van der Waals surface area contributed by atoms with Crippen LogP contribution in [-0.2, 0) is 26.3 Å². The van der Waals surface area contributed by atoms with Crippen molar-refractivity contribution in [2.75, 3.05) is 5.75 Å². The molecule has 0 unspecified atom stereocenters. The number of benzene rings is 1.